The van der Waals surface area contributed by atoms with Gasteiger partial charge in [-0.1, -0.05) is 12.1 Å². The first kappa shape index (κ1) is 21.6. The summed E-state index contributed by atoms with van der Waals surface area (Å²) in [6.07, 6.45) is 5.40. The molecule has 1 aromatic carbocycles. The Morgan fingerprint density at radius 1 is 1.12 bits per heavy atom. The number of carbonyl (C=O) groups is 1. The van der Waals surface area contributed by atoms with E-state index in [2.05, 4.69) is 10.00 Å². The van der Waals surface area contributed by atoms with Gasteiger partial charge in [0.15, 0.2) is 5.82 Å². The molecule has 2 aliphatic rings. The molecule has 0 radical (unpaired) electrons. The fraction of sp³-hybridized carbons (Fsp3) is 0.440. The number of fused-ring (bicyclic) bond motifs is 1. The number of carbonyl (C=O) groups excluding carboxylic acids is 1. The van der Waals surface area contributed by atoms with E-state index in [9.17, 15) is 9.18 Å². The van der Waals surface area contributed by atoms with Crippen molar-refractivity contribution in [3.05, 3.63) is 70.2 Å². The van der Waals surface area contributed by atoms with Crippen molar-refractivity contribution in [1.29, 1.82) is 0 Å². The van der Waals surface area contributed by atoms with Crippen molar-refractivity contribution >= 4 is 11.7 Å². The van der Waals surface area contributed by atoms with E-state index in [4.69, 9.17) is 9.97 Å². The summed E-state index contributed by atoms with van der Waals surface area (Å²) in [6.45, 7) is 6.21. The summed E-state index contributed by atoms with van der Waals surface area (Å²) in [4.78, 5) is 27.4. The fourth-order valence-corrected chi connectivity index (χ4v) is 4.96. The van der Waals surface area contributed by atoms with Gasteiger partial charge in [0.25, 0.3) is 5.91 Å². The molecule has 0 saturated carbocycles. The number of aromatic nitrogens is 4. The quantitative estimate of drug-likeness (QED) is 0.606. The van der Waals surface area contributed by atoms with Gasteiger partial charge in [-0.25, -0.2) is 14.4 Å². The lowest BCUT2D eigenvalue weighted by Gasteiger charge is -2.32. The Bertz CT molecular complexity index is 1190. The summed E-state index contributed by atoms with van der Waals surface area (Å²) in [5, 5.41) is 4.24. The number of rotatable bonds is 4. The van der Waals surface area contributed by atoms with Crippen LogP contribution < -0.4 is 4.90 Å². The van der Waals surface area contributed by atoms with Crippen LogP contribution in [0.2, 0.25) is 0 Å². The molecule has 4 heterocycles. The zero-order chi connectivity index (χ0) is 23.1. The molecule has 1 saturated heterocycles. The Morgan fingerprint density at radius 2 is 1.91 bits per heavy atom. The third kappa shape index (κ3) is 3.98. The highest BCUT2D eigenvalue weighted by atomic mass is 19.1. The molecule has 2 aliphatic heterocycles. The lowest BCUT2D eigenvalue weighted by atomic mass is 10.0. The third-order valence-electron chi connectivity index (χ3n) is 6.93. The van der Waals surface area contributed by atoms with Crippen molar-refractivity contribution in [1.82, 2.24) is 24.6 Å². The molecular weight excluding hydrogens is 419 g/mol. The van der Waals surface area contributed by atoms with Gasteiger partial charge in [-0.3, -0.25) is 9.48 Å². The Balaban J connectivity index is 1.46. The van der Waals surface area contributed by atoms with Crippen LogP contribution in [0.5, 0.6) is 0 Å². The van der Waals surface area contributed by atoms with Gasteiger partial charge < -0.3 is 9.80 Å². The smallest absolute Gasteiger partial charge is 0.257 e. The van der Waals surface area contributed by atoms with Gasteiger partial charge in [0.2, 0.25) is 0 Å². The van der Waals surface area contributed by atoms with Crippen molar-refractivity contribution in [2.24, 2.45) is 7.05 Å². The van der Waals surface area contributed by atoms with E-state index >= 15 is 0 Å². The normalized spacial score (nSPS) is 18.0. The van der Waals surface area contributed by atoms with Gasteiger partial charge in [0, 0.05) is 43.6 Å². The minimum Gasteiger partial charge on any atom is -0.352 e. The second kappa shape index (κ2) is 8.57. The summed E-state index contributed by atoms with van der Waals surface area (Å²) in [7, 11) is 1.85. The summed E-state index contributed by atoms with van der Waals surface area (Å²) in [5.41, 5.74) is 4.70. The SMILES string of the molecule is Cc1nc(C2CCCN2C(=O)c2cnn(C)c2C)nc2c1CCCN2Cc1ccc(F)cc1. The molecule has 3 aromatic rings. The van der Waals surface area contributed by atoms with E-state index < -0.39 is 0 Å². The van der Waals surface area contributed by atoms with E-state index in [1.165, 1.54) is 17.7 Å². The summed E-state index contributed by atoms with van der Waals surface area (Å²) in [5.74, 6) is 1.42. The van der Waals surface area contributed by atoms with Crippen molar-refractivity contribution in [2.45, 2.75) is 52.1 Å². The Labute approximate surface area is 193 Å². The van der Waals surface area contributed by atoms with Crippen molar-refractivity contribution in [3.63, 3.8) is 0 Å². The number of aryl methyl sites for hydroxylation is 2. The van der Waals surface area contributed by atoms with Gasteiger partial charge in [-0.15, -0.1) is 0 Å². The molecule has 5 rings (SSSR count). The van der Waals surface area contributed by atoms with Crippen LogP contribution in [-0.2, 0) is 20.0 Å². The monoisotopic (exact) mass is 448 g/mol. The molecule has 172 valence electrons. The second-order valence-corrected chi connectivity index (χ2v) is 9.04. The van der Waals surface area contributed by atoms with Crippen molar-refractivity contribution in [3.8, 4) is 0 Å². The highest BCUT2D eigenvalue weighted by molar-refractivity contribution is 5.95. The minimum atomic E-state index is -0.229. The molecule has 0 bridgehead atoms. The third-order valence-corrected chi connectivity index (χ3v) is 6.93. The van der Waals surface area contributed by atoms with Crippen molar-refractivity contribution < 1.29 is 9.18 Å². The predicted octanol–water partition coefficient (Wildman–Crippen LogP) is 3.90. The molecule has 7 nitrogen and oxygen atoms in total. The number of hydrogen-bond acceptors (Lipinski definition) is 5. The lowest BCUT2D eigenvalue weighted by molar-refractivity contribution is 0.0728. The maximum Gasteiger partial charge on any atom is 0.257 e. The number of benzene rings is 1. The average molecular weight is 449 g/mol. The van der Waals surface area contributed by atoms with Crippen LogP contribution in [0.3, 0.4) is 0 Å². The largest absolute Gasteiger partial charge is 0.352 e. The lowest BCUT2D eigenvalue weighted by Crippen LogP contribution is -2.34. The minimum absolute atomic E-state index is 0.00904. The summed E-state index contributed by atoms with van der Waals surface area (Å²) < 4.78 is 15.1. The Hall–Kier alpha value is -3.29. The number of amides is 1. The van der Waals surface area contributed by atoms with Crippen molar-refractivity contribution in [2.75, 3.05) is 18.0 Å². The Morgan fingerprint density at radius 3 is 2.64 bits per heavy atom. The van der Waals surface area contributed by atoms with Crippen LogP contribution in [0.4, 0.5) is 10.2 Å². The first-order valence-corrected chi connectivity index (χ1v) is 11.6. The van der Waals surface area contributed by atoms with Crippen LogP contribution in [-0.4, -0.2) is 43.6 Å². The number of halogens is 1. The topological polar surface area (TPSA) is 67.2 Å². The van der Waals surface area contributed by atoms with E-state index in [-0.39, 0.29) is 17.8 Å². The van der Waals surface area contributed by atoms with E-state index in [1.54, 1.807) is 10.9 Å². The first-order valence-electron chi connectivity index (χ1n) is 11.6. The zero-order valence-corrected chi connectivity index (χ0v) is 19.4. The maximum absolute atomic E-state index is 13.4. The standard InChI is InChI=1S/C25H29FN6O/c1-16-20-6-4-12-31(15-18-8-10-19(26)11-9-18)24(20)29-23(28-16)22-7-5-13-32(22)25(33)21-14-27-30(3)17(21)2/h8-11,14,22H,4-7,12-13,15H2,1-3H3. The van der Waals surface area contributed by atoms with E-state index in [0.29, 0.717) is 24.5 Å². The average Bonchev–Trinajstić information content (AvgIpc) is 3.43. The van der Waals surface area contributed by atoms with Crippen LogP contribution in [0.1, 0.15) is 64.0 Å². The second-order valence-electron chi connectivity index (χ2n) is 9.04. The molecule has 1 atom stereocenters. The predicted molar refractivity (Wildman–Crippen MR) is 123 cm³/mol. The molecule has 0 spiro atoms. The molecular formula is C25H29FN6O. The number of nitrogens with zero attached hydrogens (tertiary/aromatic N) is 6. The zero-order valence-electron chi connectivity index (χ0n) is 19.4. The first-order chi connectivity index (χ1) is 15.9. The Kier molecular flexibility index (Phi) is 5.60. The van der Waals surface area contributed by atoms with Crippen LogP contribution in [0.25, 0.3) is 0 Å². The van der Waals surface area contributed by atoms with E-state index in [1.807, 2.05) is 37.9 Å². The van der Waals surface area contributed by atoms with Gasteiger partial charge in [0.1, 0.15) is 11.6 Å². The van der Waals surface area contributed by atoms with Crippen LogP contribution in [0, 0.1) is 19.7 Å². The molecule has 2 aromatic heterocycles. The van der Waals surface area contributed by atoms with Gasteiger partial charge in [-0.2, -0.15) is 5.10 Å². The van der Waals surface area contributed by atoms with Gasteiger partial charge >= 0.3 is 0 Å². The van der Waals surface area contributed by atoms with Crippen LogP contribution in [0.15, 0.2) is 30.5 Å². The summed E-state index contributed by atoms with van der Waals surface area (Å²) >= 11 is 0. The molecule has 0 aliphatic carbocycles. The summed E-state index contributed by atoms with van der Waals surface area (Å²) in [6, 6.07) is 6.51. The number of hydrogen-bond donors (Lipinski definition) is 0. The fourth-order valence-electron chi connectivity index (χ4n) is 4.96. The molecule has 8 heteroatoms. The van der Waals surface area contributed by atoms with Gasteiger partial charge in [-0.05, 0) is 57.2 Å². The van der Waals surface area contributed by atoms with Gasteiger partial charge in [0.05, 0.1) is 17.8 Å². The molecule has 1 fully saturated rings. The molecule has 1 unspecified atom stereocenters. The highest BCUT2D eigenvalue weighted by Gasteiger charge is 2.35. The number of anilines is 1. The highest BCUT2D eigenvalue weighted by Crippen LogP contribution is 2.35. The van der Waals surface area contributed by atoms with E-state index in [0.717, 1.165) is 55.0 Å². The molecule has 1 amide bonds. The van der Waals surface area contributed by atoms with Crippen LogP contribution >= 0.6 is 0 Å². The number of likely N-dealkylation sites (tertiary alicyclic amines) is 1. The molecule has 0 N–H and O–H groups in total. The molecule has 33 heavy (non-hydrogen) atoms. The maximum atomic E-state index is 13.4.